The molecule has 6 heterocycles. The van der Waals surface area contributed by atoms with Gasteiger partial charge < -0.3 is 34.6 Å². The molecule has 69 heavy (non-hydrogen) atoms. The molecule has 5 aromatic rings. The Balaban J connectivity index is 0.789. The molecule has 364 valence electrons. The molecule has 21 heteroatoms. The minimum Gasteiger partial charge on any atom is -0.494 e. The van der Waals surface area contributed by atoms with Gasteiger partial charge in [0, 0.05) is 112 Å². The number of methoxy groups -OCH3 is 1. The molecule has 0 bridgehead atoms. The molecule has 0 aliphatic carbocycles. The summed E-state index contributed by atoms with van der Waals surface area (Å²) in [6.07, 6.45) is 5.76. The number of carbonyl (C=O) groups is 3. The highest BCUT2D eigenvalue weighted by molar-refractivity contribution is 9.10. The van der Waals surface area contributed by atoms with Crippen LogP contribution in [0, 0.1) is 24.5 Å². The summed E-state index contributed by atoms with van der Waals surface area (Å²) in [7, 11) is 0.287. The summed E-state index contributed by atoms with van der Waals surface area (Å²) >= 11 is 3.56. The van der Waals surface area contributed by atoms with E-state index < -0.39 is 36.5 Å². The van der Waals surface area contributed by atoms with Gasteiger partial charge in [-0.25, -0.2) is 18.4 Å². The van der Waals surface area contributed by atoms with Crippen LogP contribution in [-0.2, 0) is 26.0 Å². The number of amides is 3. The highest BCUT2D eigenvalue weighted by Crippen LogP contribution is 2.42. The van der Waals surface area contributed by atoms with E-state index in [0.29, 0.717) is 93.8 Å². The molecule has 17 nitrogen and oxygen atoms in total. The number of hydrogen-bond donors (Lipinski definition) is 3. The Morgan fingerprint density at radius 3 is 2.28 bits per heavy atom. The average molecular weight is 1030 g/mol. The molecule has 3 amide bonds. The standard InChI is InChI=1S/C48H55BrF2N11O6P/c1-27-20-38(55-48-52-25-34(49)44(57-48)54-37-8-6-31-33(43(37)69(4,5)67)24-53-58(2)47(31)66)40(68-3)23-39(27)60-14-11-29(12-15-60)59-16-18-61(19-17-59)46(65)28-10-13-62(26-28)30-21-35(50)42(36(51)22-30)32-7-9-41(63)56-45(32)64/h6,8,20-25,28-29,32H,7,9-19,26H2,1-5H3,(H,56,63,64)(H2,52,54,55,57)/t28-,32-/m1/s1. The van der Waals surface area contributed by atoms with Crippen LogP contribution in [0.3, 0.4) is 0 Å². The number of piperidine rings is 2. The number of piperazine rings is 1. The Kier molecular flexibility index (Phi) is 13.5. The Morgan fingerprint density at radius 2 is 1.59 bits per heavy atom. The highest BCUT2D eigenvalue weighted by Gasteiger charge is 2.37. The van der Waals surface area contributed by atoms with Crippen molar-refractivity contribution in [2.75, 3.05) is 93.2 Å². The van der Waals surface area contributed by atoms with Gasteiger partial charge in [0.05, 0.1) is 46.4 Å². The Hall–Kier alpha value is -5.98. The lowest BCUT2D eigenvalue weighted by Crippen LogP contribution is -2.55. The summed E-state index contributed by atoms with van der Waals surface area (Å²) < 4.78 is 51.9. The topological polar surface area (TPSA) is 187 Å². The maximum atomic E-state index is 15.3. The number of rotatable bonds is 11. The molecule has 9 rings (SSSR count). The smallest absolute Gasteiger partial charge is 0.274 e. The van der Waals surface area contributed by atoms with E-state index in [1.54, 1.807) is 52.0 Å². The number of imide groups is 1. The molecule has 2 atom stereocenters. The van der Waals surface area contributed by atoms with Gasteiger partial charge >= 0.3 is 0 Å². The average Bonchev–Trinajstić information content (AvgIpc) is 3.82. The number of fused-ring (bicyclic) bond motifs is 1. The van der Waals surface area contributed by atoms with Gasteiger partial charge in [-0.15, -0.1) is 0 Å². The van der Waals surface area contributed by atoms with Crippen LogP contribution in [0.15, 0.2) is 58.1 Å². The van der Waals surface area contributed by atoms with Gasteiger partial charge in [-0.3, -0.25) is 29.4 Å². The number of nitrogens with zero attached hydrogens (tertiary/aromatic N) is 8. The van der Waals surface area contributed by atoms with Crippen molar-refractivity contribution in [3.63, 3.8) is 0 Å². The molecule has 0 saturated carbocycles. The van der Waals surface area contributed by atoms with Crippen molar-refractivity contribution in [1.29, 1.82) is 0 Å². The highest BCUT2D eigenvalue weighted by atomic mass is 79.9. The van der Waals surface area contributed by atoms with Crippen LogP contribution in [-0.4, -0.2) is 126 Å². The van der Waals surface area contributed by atoms with E-state index in [-0.39, 0.29) is 35.8 Å². The zero-order chi connectivity index (χ0) is 48.9. The number of aromatic nitrogens is 4. The first-order valence-corrected chi connectivity index (χ1v) is 26.5. The molecular weight excluding hydrogens is 975 g/mol. The van der Waals surface area contributed by atoms with Crippen LogP contribution in [0.4, 0.5) is 43.3 Å². The van der Waals surface area contributed by atoms with Crippen molar-refractivity contribution in [2.45, 2.75) is 51.0 Å². The zero-order valence-corrected chi connectivity index (χ0v) is 41.6. The lowest BCUT2D eigenvalue weighted by atomic mass is 9.89. The predicted octanol–water partition coefficient (Wildman–Crippen LogP) is 5.98. The van der Waals surface area contributed by atoms with Gasteiger partial charge in [-0.1, -0.05) is 0 Å². The second-order valence-corrected chi connectivity index (χ2v) is 22.7. The molecule has 4 fully saturated rings. The van der Waals surface area contributed by atoms with Gasteiger partial charge in [0.15, 0.2) is 0 Å². The van der Waals surface area contributed by atoms with Crippen molar-refractivity contribution in [3.8, 4) is 5.75 Å². The molecule has 0 radical (unpaired) electrons. The second-order valence-electron chi connectivity index (χ2n) is 18.7. The number of ether oxygens (including phenoxy) is 1. The lowest BCUT2D eigenvalue weighted by Gasteiger charge is -2.44. The third kappa shape index (κ3) is 9.80. The Morgan fingerprint density at radius 1 is 0.884 bits per heavy atom. The number of benzene rings is 3. The third-order valence-electron chi connectivity index (χ3n) is 13.9. The van der Waals surface area contributed by atoms with Crippen LogP contribution in [0.1, 0.15) is 49.1 Å². The second kappa shape index (κ2) is 19.4. The Labute approximate surface area is 406 Å². The maximum absolute atomic E-state index is 15.3. The van der Waals surface area contributed by atoms with E-state index in [0.717, 1.165) is 50.3 Å². The molecule has 0 unspecified atom stereocenters. The van der Waals surface area contributed by atoms with Crippen LogP contribution >= 0.6 is 23.1 Å². The van der Waals surface area contributed by atoms with E-state index in [4.69, 9.17) is 9.72 Å². The first-order valence-electron chi connectivity index (χ1n) is 23.1. The van der Waals surface area contributed by atoms with Crippen molar-refractivity contribution < 1.29 is 32.5 Å². The number of nitrogens with one attached hydrogen (secondary N) is 3. The van der Waals surface area contributed by atoms with Gasteiger partial charge in [0.1, 0.15) is 30.3 Å². The fourth-order valence-electron chi connectivity index (χ4n) is 10.3. The molecule has 3 aromatic carbocycles. The largest absolute Gasteiger partial charge is 0.494 e. The quantitative estimate of drug-likeness (QED) is 0.104. The predicted molar refractivity (Wildman–Crippen MR) is 265 cm³/mol. The zero-order valence-electron chi connectivity index (χ0n) is 39.2. The van der Waals surface area contributed by atoms with Gasteiger partial charge in [0.25, 0.3) is 5.56 Å². The van der Waals surface area contributed by atoms with E-state index >= 15 is 8.78 Å². The molecule has 3 N–H and O–H groups in total. The molecule has 2 aromatic heterocycles. The van der Waals surface area contributed by atoms with Crippen LogP contribution in [0.25, 0.3) is 10.8 Å². The van der Waals surface area contributed by atoms with Crippen LogP contribution < -0.4 is 41.4 Å². The first-order chi connectivity index (χ1) is 33.0. The van der Waals surface area contributed by atoms with E-state index in [2.05, 4.69) is 58.7 Å². The van der Waals surface area contributed by atoms with Crippen molar-refractivity contribution >= 4 is 91.4 Å². The minimum absolute atomic E-state index is 0.0214. The fraction of sp³-hybridized carbons (Fsp3) is 0.438. The third-order valence-corrected chi connectivity index (χ3v) is 16.0. The van der Waals surface area contributed by atoms with Crippen LogP contribution in [0.5, 0.6) is 5.75 Å². The fourth-order valence-corrected chi connectivity index (χ4v) is 12.1. The summed E-state index contributed by atoms with van der Waals surface area (Å²) in [6.45, 7) is 10.7. The van der Waals surface area contributed by atoms with Crippen molar-refractivity contribution in [1.82, 2.24) is 34.9 Å². The summed E-state index contributed by atoms with van der Waals surface area (Å²) in [5.41, 5.74) is 3.08. The lowest BCUT2D eigenvalue weighted by molar-refractivity contribution is -0.137. The van der Waals surface area contributed by atoms with E-state index in [1.165, 1.54) is 16.8 Å². The summed E-state index contributed by atoms with van der Waals surface area (Å²) in [5.74, 6) is -2.74. The van der Waals surface area contributed by atoms with Crippen molar-refractivity contribution in [3.05, 3.63) is 86.4 Å². The number of aryl methyl sites for hydroxylation is 2. The minimum atomic E-state index is -2.91. The maximum Gasteiger partial charge on any atom is 0.274 e. The summed E-state index contributed by atoms with van der Waals surface area (Å²) in [6, 6.07) is 10.3. The normalized spacial score (nSPS) is 19.6. The van der Waals surface area contributed by atoms with Crippen LogP contribution in [0.2, 0.25) is 0 Å². The molecule has 4 aliphatic heterocycles. The summed E-state index contributed by atoms with van der Waals surface area (Å²) in [5, 5.41) is 14.4. The number of anilines is 6. The Bertz CT molecular complexity index is 2950. The number of halogens is 3. The monoisotopic (exact) mass is 1030 g/mol. The van der Waals surface area contributed by atoms with Gasteiger partial charge in [-0.2, -0.15) is 10.1 Å². The molecular formula is C48H55BrF2N11O6P. The van der Waals surface area contributed by atoms with E-state index in [1.807, 2.05) is 21.9 Å². The van der Waals surface area contributed by atoms with Crippen molar-refractivity contribution in [2.24, 2.45) is 13.0 Å². The van der Waals surface area contributed by atoms with Gasteiger partial charge in [0.2, 0.25) is 23.7 Å². The number of hydrogen-bond acceptors (Lipinski definition) is 14. The molecule has 4 saturated heterocycles. The summed E-state index contributed by atoms with van der Waals surface area (Å²) in [4.78, 5) is 68.4. The molecule has 4 aliphatic rings. The van der Waals surface area contributed by atoms with E-state index in [9.17, 15) is 23.7 Å². The SMILES string of the molecule is COc1cc(N2CCC(N3CCN(C(=O)[C@@H]4CCN(c5cc(F)c([C@H]6CCC(=O)NC6=O)c(F)c5)C4)CC3)CC2)c(C)cc1Nc1ncc(Br)c(Nc2ccc3c(=O)n(C)ncc3c2P(C)(C)=O)n1. The number of carbonyl (C=O) groups excluding carboxylic acids is 3. The first kappa shape index (κ1) is 48.1. The molecule has 0 spiro atoms. The van der Waals surface area contributed by atoms with Gasteiger partial charge in [-0.05, 0) is 97.8 Å².